The number of amides is 2. The fraction of sp³-hybridized carbons (Fsp3) is 0.568. The van der Waals surface area contributed by atoms with Crippen molar-refractivity contribution in [1.82, 2.24) is 25.6 Å². The summed E-state index contributed by atoms with van der Waals surface area (Å²) in [6, 6.07) is 5.38. The number of H-pyrrole nitrogens is 2. The predicted molar refractivity (Wildman–Crippen MR) is 245 cm³/mol. The molecule has 1 fully saturated rings. The van der Waals surface area contributed by atoms with E-state index in [1.807, 2.05) is 6.92 Å². The standard InChI is InChI=1S/C44H60N6O13S2/c1-3-28(42(58)59)24-64-34-11-12-35(34)65-25-31(22-32(52)15-18-61-17-14-26(2)51)39(55)46-16-19-62-20-21-63-43(60)33(10-13-36(53)54)48-40(56)29-7-4-27(5-8-29)6-9-30-23-47-38-37(30)41(57)50-44(45)49-38/h4-5,7-8,23,28,31,33-35H,3,6,9-22,24-25H2,1-2H3,(H,46,55)(H,48,56)(H,53,54)(H,58,59)(H4,45,47,49,50,57)/t28?,31?,33-,34?,35?/m1/s1. The number of carbonyl (C=O) groups is 7. The summed E-state index contributed by atoms with van der Waals surface area (Å²) < 4.78 is 16.3. The van der Waals surface area contributed by atoms with Crippen LogP contribution in [0.2, 0.25) is 0 Å². The molecule has 0 bridgehead atoms. The van der Waals surface area contributed by atoms with Crippen LogP contribution in [0.15, 0.2) is 35.3 Å². The number of aromatic amines is 2. The average molecular weight is 945 g/mol. The maximum atomic E-state index is 13.3. The number of aromatic nitrogens is 3. The molecule has 1 aromatic carbocycles. The molecule has 356 valence electrons. The van der Waals surface area contributed by atoms with Gasteiger partial charge in [-0.2, -0.15) is 28.5 Å². The van der Waals surface area contributed by atoms with Gasteiger partial charge in [0.25, 0.3) is 11.5 Å². The monoisotopic (exact) mass is 944 g/mol. The summed E-state index contributed by atoms with van der Waals surface area (Å²) in [6.45, 7) is 3.59. The van der Waals surface area contributed by atoms with Crippen LogP contribution in [0.5, 0.6) is 0 Å². The van der Waals surface area contributed by atoms with Crippen molar-refractivity contribution < 1.29 is 58.0 Å². The van der Waals surface area contributed by atoms with Crippen LogP contribution < -0.4 is 21.9 Å². The van der Waals surface area contributed by atoms with Gasteiger partial charge < -0.3 is 45.8 Å². The molecule has 3 aromatic rings. The number of aryl methyl sites for hydroxylation is 2. The first-order valence-corrected chi connectivity index (χ1v) is 23.8. The van der Waals surface area contributed by atoms with Gasteiger partial charge in [0.15, 0.2) is 0 Å². The summed E-state index contributed by atoms with van der Waals surface area (Å²) in [7, 11) is 0. The van der Waals surface area contributed by atoms with E-state index in [9.17, 15) is 48.6 Å². The molecular weight excluding hydrogens is 885 g/mol. The molecule has 1 saturated carbocycles. The Balaban J connectivity index is 1.20. The highest BCUT2D eigenvalue weighted by Gasteiger charge is 2.34. The highest BCUT2D eigenvalue weighted by molar-refractivity contribution is 8.04. The van der Waals surface area contributed by atoms with Crippen molar-refractivity contribution in [3.63, 3.8) is 0 Å². The summed E-state index contributed by atoms with van der Waals surface area (Å²) in [6.07, 6.45) is 4.95. The molecule has 8 N–H and O–H groups in total. The number of fused-ring (bicyclic) bond motifs is 1. The van der Waals surface area contributed by atoms with Crippen LogP contribution in [0, 0.1) is 11.8 Å². The molecule has 1 aliphatic carbocycles. The molecule has 4 rings (SSSR count). The Hall–Kier alpha value is -5.25. The maximum absolute atomic E-state index is 13.3. The smallest absolute Gasteiger partial charge is 0.328 e. The molecule has 19 nitrogen and oxygen atoms in total. The molecule has 0 saturated heterocycles. The SMILES string of the molecule is CCC(CSC1CCC1SCC(CC(=O)CCOCCC(C)=O)C(=O)NCCOCCOC(=O)[C@@H](CCC(=O)O)NC(=O)c1ccc(CCc2c[nH]c3nc(N)[nH]c(=O)c23)cc1)C(=O)O. The van der Waals surface area contributed by atoms with Gasteiger partial charge in [0, 0.05) is 66.0 Å². The van der Waals surface area contributed by atoms with Crippen molar-refractivity contribution in [2.45, 2.75) is 94.6 Å². The lowest BCUT2D eigenvalue weighted by Crippen LogP contribution is -2.42. The van der Waals surface area contributed by atoms with Crippen molar-refractivity contribution in [2.75, 3.05) is 56.8 Å². The van der Waals surface area contributed by atoms with Gasteiger partial charge in [-0.05, 0) is 68.7 Å². The van der Waals surface area contributed by atoms with E-state index >= 15 is 0 Å². The van der Waals surface area contributed by atoms with Gasteiger partial charge in [0.2, 0.25) is 11.9 Å². The third-order valence-electron chi connectivity index (χ3n) is 10.8. The van der Waals surface area contributed by atoms with E-state index in [1.165, 1.54) is 6.92 Å². The molecule has 0 aliphatic heterocycles. The minimum atomic E-state index is -1.25. The summed E-state index contributed by atoms with van der Waals surface area (Å²) in [5.74, 6) is -4.00. The summed E-state index contributed by atoms with van der Waals surface area (Å²) in [5, 5.41) is 25.0. The largest absolute Gasteiger partial charge is 0.481 e. The van der Waals surface area contributed by atoms with Gasteiger partial charge in [-0.15, -0.1) is 0 Å². The minimum Gasteiger partial charge on any atom is -0.481 e. The number of ketones is 2. The Bertz CT molecular complexity index is 2150. The van der Waals surface area contributed by atoms with E-state index < -0.39 is 48.1 Å². The zero-order valence-electron chi connectivity index (χ0n) is 36.7. The fourth-order valence-electron chi connectivity index (χ4n) is 6.74. The lowest BCUT2D eigenvalue weighted by atomic mass is 9.99. The number of benzene rings is 1. The molecule has 1 aliphatic rings. The predicted octanol–water partition coefficient (Wildman–Crippen LogP) is 3.33. The third-order valence-corrected chi connectivity index (χ3v) is 14.1. The van der Waals surface area contributed by atoms with Crippen molar-refractivity contribution >= 4 is 81.8 Å². The number of carboxylic acid groups (broad SMARTS) is 2. The Morgan fingerprint density at radius 2 is 1.57 bits per heavy atom. The van der Waals surface area contributed by atoms with Crippen LogP contribution in [-0.2, 0) is 55.8 Å². The van der Waals surface area contributed by atoms with Gasteiger partial charge in [-0.3, -0.25) is 38.5 Å². The lowest BCUT2D eigenvalue weighted by molar-refractivity contribution is -0.148. The Labute approximate surface area is 384 Å². The molecule has 0 radical (unpaired) electrons. The molecule has 0 spiro atoms. The zero-order valence-corrected chi connectivity index (χ0v) is 38.4. The number of esters is 1. The molecular formula is C44H60N6O13S2. The topological polar surface area (TPSA) is 299 Å². The fourth-order valence-corrected chi connectivity index (χ4v) is 10.1. The van der Waals surface area contributed by atoms with E-state index in [0.29, 0.717) is 41.8 Å². The number of hydrogen-bond acceptors (Lipinski definition) is 15. The number of nitrogens with one attached hydrogen (secondary N) is 4. The van der Waals surface area contributed by atoms with Gasteiger partial charge in [-0.25, -0.2) is 4.79 Å². The summed E-state index contributed by atoms with van der Waals surface area (Å²) in [4.78, 5) is 108. The molecule has 65 heavy (non-hydrogen) atoms. The maximum Gasteiger partial charge on any atom is 0.328 e. The number of hydrogen-bond donors (Lipinski definition) is 7. The van der Waals surface area contributed by atoms with E-state index in [4.69, 9.17) is 19.9 Å². The highest BCUT2D eigenvalue weighted by Crippen LogP contribution is 2.42. The third kappa shape index (κ3) is 17.9. The van der Waals surface area contributed by atoms with Crippen molar-refractivity contribution in [2.24, 2.45) is 11.8 Å². The second-order valence-electron chi connectivity index (χ2n) is 15.7. The molecule has 2 heterocycles. The van der Waals surface area contributed by atoms with Crippen molar-refractivity contribution in [3.8, 4) is 0 Å². The van der Waals surface area contributed by atoms with Gasteiger partial charge >= 0.3 is 17.9 Å². The number of Topliss-reactive ketones (excluding diaryl/α,β-unsaturated/α-hetero) is 2. The summed E-state index contributed by atoms with van der Waals surface area (Å²) in [5.41, 5.74) is 7.53. The number of aliphatic carboxylic acids is 2. The second-order valence-corrected chi connectivity index (χ2v) is 18.3. The Morgan fingerprint density at radius 1 is 0.892 bits per heavy atom. The number of nitrogens with two attached hydrogens (primary N) is 1. The van der Waals surface area contributed by atoms with Crippen LogP contribution in [0.1, 0.15) is 86.7 Å². The van der Waals surface area contributed by atoms with Crippen LogP contribution in [0.25, 0.3) is 11.0 Å². The Kier molecular flexibility index (Phi) is 22.0. The first-order valence-electron chi connectivity index (χ1n) is 21.7. The number of carboxylic acids is 2. The Morgan fingerprint density at radius 3 is 2.22 bits per heavy atom. The van der Waals surface area contributed by atoms with Crippen LogP contribution >= 0.6 is 23.5 Å². The number of carbonyl (C=O) groups excluding carboxylic acids is 5. The molecule has 4 unspecified atom stereocenters. The zero-order chi connectivity index (χ0) is 47.3. The average Bonchev–Trinajstić information content (AvgIpc) is 3.67. The van der Waals surface area contributed by atoms with E-state index in [-0.39, 0.29) is 110 Å². The number of ether oxygens (including phenoxy) is 3. The highest BCUT2D eigenvalue weighted by atomic mass is 32.2. The van der Waals surface area contributed by atoms with Crippen LogP contribution in [-0.4, -0.2) is 134 Å². The van der Waals surface area contributed by atoms with Gasteiger partial charge in [0.1, 0.15) is 29.9 Å². The van der Waals surface area contributed by atoms with Crippen molar-refractivity contribution in [1.29, 1.82) is 0 Å². The first kappa shape index (κ1) is 52.4. The molecule has 2 amide bonds. The van der Waals surface area contributed by atoms with Crippen LogP contribution in [0.3, 0.4) is 0 Å². The van der Waals surface area contributed by atoms with E-state index in [2.05, 4.69) is 25.6 Å². The van der Waals surface area contributed by atoms with E-state index in [0.717, 1.165) is 24.0 Å². The lowest BCUT2D eigenvalue weighted by Gasteiger charge is -2.36. The molecule has 2 aromatic heterocycles. The minimum absolute atomic E-state index is 0.00372. The van der Waals surface area contributed by atoms with Gasteiger partial charge in [-0.1, -0.05) is 19.1 Å². The number of anilines is 1. The number of nitrogens with zero attached hydrogens (tertiary/aromatic N) is 1. The quantitative estimate of drug-likeness (QED) is 0.0349. The van der Waals surface area contributed by atoms with Crippen LogP contribution in [0.4, 0.5) is 5.95 Å². The number of rotatable bonds is 32. The number of nitrogen functional groups attached to an aromatic ring is 1. The number of thioether (sulfide) groups is 2. The van der Waals surface area contributed by atoms with Crippen molar-refractivity contribution in [3.05, 3.63) is 57.5 Å². The second kappa shape index (κ2) is 27.3. The first-order chi connectivity index (χ1) is 31.1. The van der Waals surface area contributed by atoms with Gasteiger partial charge in [0.05, 0.1) is 43.6 Å². The van der Waals surface area contributed by atoms with E-state index in [1.54, 1.807) is 54.0 Å². The normalized spacial score (nSPS) is 15.9. The molecule has 21 heteroatoms. The molecule has 5 atom stereocenters. The summed E-state index contributed by atoms with van der Waals surface area (Å²) >= 11 is 3.26.